The number of fused-ring (bicyclic) bond motifs is 1. The van der Waals surface area contributed by atoms with Gasteiger partial charge >= 0.3 is 0 Å². The van der Waals surface area contributed by atoms with E-state index in [4.69, 9.17) is 0 Å². The number of hydrogen-bond acceptors (Lipinski definition) is 4. The lowest BCUT2D eigenvalue weighted by Gasteiger charge is -2.19. The quantitative estimate of drug-likeness (QED) is 0.272. The standard InChI is InChI=1S/C27H26F2N4O3S/c1-3-15-11-18(21-14-24(32-27(34)17-5-6-17)31-26-20(21)9-10-30-26)12-16(4-2)25(15)33-37(35,36)19-7-8-22(28)23(29)13-19/h7-14,17,33H,3-6H2,1-2H3,(H2,30,31,32,34). The number of carbonyl (C=O) groups is 1. The zero-order chi connectivity index (χ0) is 26.3. The largest absolute Gasteiger partial charge is 0.346 e. The van der Waals surface area contributed by atoms with Crippen LogP contribution in [0, 0.1) is 17.6 Å². The molecule has 0 atom stereocenters. The van der Waals surface area contributed by atoms with Crippen molar-refractivity contribution in [2.75, 3.05) is 10.0 Å². The van der Waals surface area contributed by atoms with Crippen molar-refractivity contribution < 1.29 is 22.0 Å². The Morgan fingerprint density at radius 3 is 2.35 bits per heavy atom. The van der Waals surface area contributed by atoms with Crippen molar-refractivity contribution in [2.24, 2.45) is 5.92 Å². The fourth-order valence-electron chi connectivity index (χ4n) is 4.36. The molecule has 2 aromatic carbocycles. The van der Waals surface area contributed by atoms with Gasteiger partial charge in [0.2, 0.25) is 5.91 Å². The van der Waals surface area contributed by atoms with E-state index in [9.17, 15) is 22.0 Å². The summed E-state index contributed by atoms with van der Waals surface area (Å²) in [4.78, 5) is 19.6. The molecule has 0 bridgehead atoms. The van der Waals surface area contributed by atoms with Crippen LogP contribution >= 0.6 is 0 Å². The van der Waals surface area contributed by atoms with Gasteiger partial charge in [0.1, 0.15) is 11.5 Å². The summed E-state index contributed by atoms with van der Waals surface area (Å²) in [5, 5.41) is 3.77. The summed E-state index contributed by atoms with van der Waals surface area (Å²) in [6.07, 6.45) is 4.57. The zero-order valence-corrected chi connectivity index (χ0v) is 21.2. The second-order valence-corrected chi connectivity index (χ2v) is 10.8. The lowest BCUT2D eigenvalue weighted by atomic mass is 9.94. The summed E-state index contributed by atoms with van der Waals surface area (Å²) in [5.74, 6) is -1.92. The van der Waals surface area contributed by atoms with Crippen LogP contribution in [0.5, 0.6) is 0 Å². The Morgan fingerprint density at radius 1 is 1.03 bits per heavy atom. The summed E-state index contributed by atoms with van der Waals surface area (Å²) >= 11 is 0. The summed E-state index contributed by atoms with van der Waals surface area (Å²) in [6, 6.07) is 10.0. The van der Waals surface area contributed by atoms with Crippen LogP contribution in [0.15, 0.2) is 53.6 Å². The molecule has 2 aromatic heterocycles. The number of pyridine rings is 1. The molecule has 1 aliphatic carbocycles. The molecule has 1 saturated carbocycles. The van der Waals surface area contributed by atoms with Crippen LogP contribution in [-0.2, 0) is 27.7 Å². The van der Waals surface area contributed by atoms with Gasteiger partial charge in [-0.15, -0.1) is 0 Å². The number of aromatic nitrogens is 2. The molecule has 1 amide bonds. The molecule has 2 heterocycles. The predicted octanol–water partition coefficient (Wildman–Crippen LogP) is 5.78. The topological polar surface area (TPSA) is 104 Å². The van der Waals surface area contributed by atoms with E-state index < -0.39 is 21.7 Å². The maximum absolute atomic E-state index is 13.7. The SMILES string of the molecule is CCc1cc(-c2cc(NC(=O)C3CC3)nc3[nH]ccc23)cc(CC)c1NS(=O)(=O)c1ccc(F)c(F)c1. The van der Waals surface area contributed by atoms with Crippen LogP contribution in [0.3, 0.4) is 0 Å². The number of aromatic amines is 1. The van der Waals surface area contributed by atoms with Gasteiger partial charge < -0.3 is 10.3 Å². The van der Waals surface area contributed by atoms with E-state index in [1.807, 2.05) is 38.1 Å². The molecular weight excluding hydrogens is 498 g/mol. The normalized spacial score (nSPS) is 13.6. The van der Waals surface area contributed by atoms with Crippen molar-refractivity contribution in [3.63, 3.8) is 0 Å². The molecule has 4 aromatic rings. The molecule has 3 N–H and O–H groups in total. The average Bonchev–Trinajstić information content (AvgIpc) is 3.63. The Balaban J connectivity index is 1.57. The van der Waals surface area contributed by atoms with Crippen LogP contribution < -0.4 is 10.0 Å². The lowest BCUT2D eigenvalue weighted by molar-refractivity contribution is -0.117. The van der Waals surface area contributed by atoms with E-state index in [0.717, 1.165) is 52.6 Å². The second-order valence-electron chi connectivity index (χ2n) is 9.12. The van der Waals surface area contributed by atoms with Gasteiger partial charge in [0.15, 0.2) is 11.6 Å². The van der Waals surface area contributed by atoms with Crippen molar-refractivity contribution in [3.05, 3.63) is 71.4 Å². The number of halogens is 2. The number of anilines is 2. The van der Waals surface area contributed by atoms with Crippen LogP contribution in [0.1, 0.15) is 37.8 Å². The number of nitrogens with one attached hydrogen (secondary N) is 3. The third kappa shape index (κ3) is 4.93. The van der Waals surface area contributed by atoms with Gasteiger partial charge in [0, 0.05) is 17.5 Å². The number of rotatable bonds is 8. The van der Waals surface area contributed by atoms with Gasteiger partial charge in [-0.25, -0.2) is 22.2 Å². The van der Waals surface area contributed by atoms with Gasteiger partial charge in [-0.1, -0.05) is 13.8 Å². The minimum atomic E-state index is -4.16. The Hall–Kier alpha value is -3.79. The van der Waals surface area contributed by atoms with Gasteiger partial charge in [-0.05, 0) is 90.4 Å². The number of sulfonamides is 1. The van der Waals surface area contributed by atoms with Gasteiger partial charge in [-0.2, -0.15) is 0 Å². The second kappa shape index (κ2) is 9.59. The van der Waals surface area contributed by atoms with Gasteiger partial charge in [0.25, 0.3) is 10.0 Å². The molecule has 0 saturated heterocycles. The minimum absolute atomic E-state index is 0.0323. The van der Waals surface area contributed by atoms with Crippen LogP contribution in [0.2, 0.25) is 0 Å². The zero-order valence-electron chi connectivity index (χ0n) is 20.4. The molecule has 0 aliphatic heterocycles. The first kappa shape index (κ1) is 24.9. The minimum Gasteiger partial charge on any atom is -0.346 e. The summed E-state index contributed by atoms with van der Waals surface area (Å²) in [5.41, 5.74) is 4.22. The van der Waals surface area contributed by atoms with E-state index in [0.29, 0.717) is 36.1 Å². The molecule has 0 radical (unpaired) electrons. The number of aryl methyl sites for hydroxylation is 2. The lowest BCUT2D eigenvalue weighted by Crippen LogP contribution is -2.16. The van der Waals surface area contributed by atoms with Crippen molar-refractivity contribution in [2.45, 2.75) is 44.4 Å². The molecule has 5 rings (SSSR count). The van der Waals surface area contributed by atoms with E-state index in [1.165, 1.54) is 0 Å². The first-order valence-electron chi connectivity index (χ1n) is 12.1. The summed E-state index contributed by atoms with van der Waals surface area (Å²) in [6.45, 7) is 3.82. The number of nitrogens with zero attached hydrogens (tertiary/aromatic N) is 1. The van der Waals surface area contributed by atoms with Crippen molar-refractivity contribution in [1.29, 1.82) is 0 Å². The van der Waals surface area contributed by atoms with Crippen LogP contribution in [0.4, 0.5) is 20.3 Å². The smallest absolute Gasteiger partial charge is 0.262 e. The van der Waals surface area contributed by atoms with Gasteiger partial charge in [0.05, 0.1) is 10.6 Å². The number of amides is 1. The first-order valence-corrected chi connectivity index (χ1v) is 13.6. The molecule has 10 heteroatoms. The van der Waals surface area contributed by atoms with E-state index in [1.54, 1.807) is 6.20 Å². The summed E-state index contributed by atoms with van der Waals surface area (Å²) in [7, 11) is -4.16. The van der Waals surface area contributed by atoms with Gasteiger partial charge in [-0.3, -0.25) is 9.52 Å². The molecular formula is C27H26F2N4O3S. The Morgan fingerprint density at radius 2 is 1.73 bits per heavy atom. The number of H-pyrrole nitrogens is 1. The third-order valence-electron chi connectivity index (χ3n) is 6.54. The highest BCUT2D eigenvalue weighted by atomic mass is 32.2. The van der Waals surface area contributed by atoms with Crippen LogP contribution in [0.25, 0.3) is 22.2 Å². The number of benzene rings is 2. The predicted molar refractivity (Wildman–Crippen MR) is 139 cm³/mol. The Bertz CT molecular complexity index is 1600. The van der Waals surface area contributed by atoms with Crippen molar-refractivity contribution >= 4 is 38.5 Å². The molecule has 1 fully saturated rings. The molecule has 7 nitrogen and oxygen atoms in total. The Kier molecular flexibility index (Phi) is 6.45. The van der Waals surface area contributed by atoms with E-state index in [-0.39, 0.29) is 16.7 Å². The molecule has 0 spiro atoms. The Labute approximate surface area is 213 Å². The first-order chi connectivity index (χ1) is 17.7. The monoisotopic (exact) mass is 524 g/mol. The fraction of sp³-hybridized carbons (Fsp3) is 0.259. The maximum Gasteiger partial charge on any atom is 0.262 e. The fourth-order valence-corrected chi connectivity index (χ4v) is 5.52. The van der Waals surface area contributed by atoms with Crippen molar-refractivity contribution in [3.8, 4) is 11.1 Å². The highest BCUT2D eigenvalue weighted by Gasteiger charge is 2.30. The van der Waals surface area contributed by atoms with Crippen LogP contribution in [-0.4, -0.2) is 24.3 Å². The molecule has 37 heavy (non-hydrogen) atoms. The molecule has 0 unspecified atom stereocenters. The number of hydrogen-bond donors (Lipinski definition) is 3. The molecule has 1 aliphatic rings. The third-order valence-corrected chi connectivity index (χ3v) is 7.89. The van der Waals surface area contributed by atoms with Crippen molar-refractivity contribution in [1.82, 2.24) is 9.97 Å². The highest BCUT2D eigenvalue weighted by molar-refractivity contribution is 7.92. The summed E-state index contributed by atoms with van der Waals surface area (Å²) < 4.78 is 55.8. The van der Waals surface area contributed by atoms with E-state index >= 15 is 0 Å². The maximum atomic E-state index is 13.7. The molecule has 192 valence electrons. The van der Waals surface area contributed by atoms with E-state index in [2.05, 4.69) is 20.0 Å². The number of carbonyl (C=O) groups excluding carboxylic acids is 1. The highest BCUT2D eigenvalue weighted by Crippen LogP contribution is 2.36. The average molecular weight is 525 g/mol.